The second kappa shape index (κ2) is 6.44. The minimum Gasteiger partial charge on any atom is -0.382 e. The van der Waals surface area contributed by atoms with Crippen molar-refractivity contribution in [2.45, 2.75) is 45.0 Å². The normalized spacial score (nSPS) is 23.4. The van der Waals surface area contributed by atoms with Crippen molar-refractivity contribution in [2.75, 3.05) is 11.9 Å². The number of ether oxygens (including phenoxy) is 1. The third-order valence-electron chi connectivity index (χ3n) is 3.70. The molecule has 0 spiro atoms. The molecule has 1 aliphatic rings. The van der Waals surface area contributed by atoms with E-state index in [1.165, 1.54) is 6.07 Å². The van der Waals surface area contributed by atoms with Crippen molar-refractivity contribution in [3.63, 3.8) is 0 Å². The summed E-state index contributed by atoms with van der Waals surface area (Å²) in [5.41, 5.74) is -0.359. The van der Waals surface area contributed by atoms with E-state index < -0.39 is 11.7 Å². The van der Waals surface area contributed by atoms with Gasteiger partial charge in [-0.05, 0) is 37.0 Å². The summed E-state index contributed by atoms with van der Waals surface area (Å²) in [6, 6.07) is 4.05. The lowest BCUT2D eigenvalue weighted by atomic mass is 9.95. The van der Waals surface area contributed by atoms with Gasteiger partial charge in [0.1, 0.15) is 0 Å². The van der Waals surface area contributed by atoms with Gasteiger partial charge < -0.3 is 10.1 Å². The van der Waals surface area contributed by atoms with Crippen molar-refractivity contribution >= 4 is 17.3 Å². The number of halogens is 4. The number of alkyl halides is 3. The van der Waals surface area contributed by atoms with Gasteiger partial charge in [-0.2, -0.15) is 13.2 Å². The second-order valence-corrected chi connectivity index (χ2v) is 6.12. The Morgan fingerprint density at radius 3 is 2.67 bits per heavy atom. The van der Waals surface area contributed by atoms with Crippen LogP contribution in [0, 0.1) is 5.92 Å². The lowest BCUT2D eigenvalue weighted by Gasteiger charge is -2.33. The molecule has 1 aliphatic heterocycles. The van der Waals surface area contributed by atoms with Gasteiger partial charge in [-0.15, -0.1) is 0 Å². The molecule has 2 nitrogen and oxygen atoms in total. The van der Waals surface area contributed by atoms with Gasteiger partial charge in [-0.1, -0.05) is 25.4 Å². The molecule has 2 atom stereocenters. The molecule has 1 aromatic rings. The van der Waals surface area contributed by atoms with Crippen LogP contribution in [0.5, 0.6) is 0 Å². The summed E-state index contributed by atoms with van der Waals surface area (Å²) in [4.78, 5) is 0. The zero-order chi connectivity index (χ0) is 15.6. The van der Waals surface area contributed by atoms with Crippen LogP contribution in [-0.4, -0.2) is 18.8 Å². The SMILES string of the molecule is CC(C)C1CC(Nc2ccc(Cl)c(C(F)(F)F)c2)CCO1. The molecule has 118 valence electrons. The smallest absolute Gasteiger partial charge is 0.382 e. The van der Waals surface area contributed by atoms with Crippen LogP contribution in [0.15, 0.2) is 18.2 Å². The first-order chi connectivity index (χ1) is 9.77. The highest BCUT2D eigenvalue weighted by atomic mass is 35.5. The molecular formula is C15H19ClF3NO. The molecule has 1 aromatic carbocycles. The maximum absolute atomic E-state index is 12.8. The van der Waals surface area contributed by atoms with Crippen molar-refractivity contribution < 1.29 is 17.9 Å². The van der Waals surface area contributed by atoms with Crippen molar-refractivity contribution in [1.29, 1.82) is 0 Å². The summed E-state index contributed by atoms with van der Waals surface area (Å²) < 4.78 is 44.2. The van der Waals surface area contributed by atoms with Crippen molar-refractivity contribution in [3.8, 4) is 0 Å². The first kappa shape index (κ1) is 16.4. The molecule has 6 heteroatoms. The minimum absolute atomic E-state index is 0.119. The van der Waals surface area contributed by atoms with Gasteiger partial charge in [0.2, 0.25) is 0 Å². The summed E-state index contributed by atoms with van der Waals surface area (Å²) in [5, 5.41) is 2.89. The maximum Gasteiger partial charge on any atom is 0.417 e. The van der Waals surface area contributed by atoms with E-state index in [1.807, 2.05) is 0 Å². The highest BCUT2D eigenvalue weighted by Crippen LogP contribution is 2.36. The summed E-state index contributed by atoms with van der Waals surface area (Å²) >= 11 is 5.62. The molecule has 0 amide bonds. The zero-order valence-electron chi connectivity index (χ0n) is 12.0. The average molecular weight is 322 g/mol. The largest absolute Gasteiger partial charge is 0.417 e. The van der Waals surface area contributed by atoms with Gasteiger partial charge in [0.25, 0.3) is 0 Å². The number of hydrogen-bond acceptors (Lipinski definition) is 2. The topological polar surface area (TPSA) is 21.3 Å². The van der Waals surface area contributed by atoms with Gasteiger partial charge in [-0.25, -0.2) is 0 Å². The third-order valence-corrected chi connectivity index (χ3v) is 4.03. The number of anilines is 1. The van der Waals surface area contributed by atoms with Crippen LogP contribution in [0.4, 0.5) is 18.9 Å². The Hall–Kier alpha value is -0.940. The predicted molar refractivity (Wildman–Crippen MR) is 77.7 cm³/mol. The van der Waals surface area contributed by atoms with Crippen LogP contribution in [-0.2, 0) is 10.9 Å². The quantitative estimate of drug-likeness (QED) is 0.848. The van der Waals surface area contributed by atoms with E-state index in [4.69, 9.17) is 16.3 Å². The minimum atomic E-state index is -4.44. The molecule has 1 fully saturated rings. The van der Waals surface area contributed by atoms with Gasteiger partial charge in [-0.3, -0.25) is 0 Å². The Kier molecular flexibility index (Phi) is 5.04. The van der Waals surface area contributed by atoms with E-state index in [-0.39, 0.29) is 17.2 Å². The number of hydrogen-bond donors (Lipinski definition) is 1. The highest BCUT2D eigenvalue weighted by molar-refractivity contribution is 6.31. The number of benzene rings is 1. The molecule has 21 heavy (non-hydrogen) atoms. The Labute approximate surface area is 127 Å². The van der Waals surface area contributed by atoms with Crippen LogP contribution >= 0.6 is 11.6 Å². The first-order valence-corrected chi connectivity index (χ1v) is 7.40. The van der Waals surface area contributed by atoms with Crippen LogP contribution < -0.4 is 5.32 Å². The molecule has 2 rings (SSSR count). The molecule has 0 aromatic heterocycles. The molecule has 1 saturated heterocycles. The number of nitrogens with one attached hydrogen (secondary N) is 1. The van der Waals surface area contributed by atoms with E-state index in [0.29, 0.717) is 18.2 Å². The van der Waals surface area contributed by atoms with E-state index in [1.54, 1.807) is 6.07 Å². The summed E-state index contributed by atoms with van der Waals surface area (Å²) in [6.07, 6.45) is -2.72. The molecule has 0 aliphatic carbocycles. The van der Waals surface area contributed by atoms with Crippen LogP contribution in [0.3, 0.4) is 0 Å². The van der Waals surface area contributed by atoms with Crippen LogP contribution in [0.2, 0.25) is 5.02 Å². The molecule has 0 saturated carbocycles. The Balaban J connectivity index is 2.09. The molecule has 2 unspecified atom stereocenters. The fraction of sp³-hybridized carbons (Fsp3) is 0.600. The van der Waals surface area contributed by atoms with Crippen molar-refractivity contribution in [2.24, 2.45) is 5.92 Å². The molecule has 0 radical (unpaired) electrons. The first-order valence-electron chi connectivity index (χ1n) is 7.02. The van der Waals surface area contributed by atoms with Gasteiger partial charge >= 0.3 is 6.18 Å². The second-order valence-electron chi connectivity index (χ2n) is 5.71. The lowest BCUT2D eigenvalue weighted by molar-refractivity contribution is -0.137. The van der Waals surface area contributed by atoms with Gasteiger partial charge in [0.15, 0.2) is 0 Å². The summed E-state index contributed by atoms with van der Waals surface area (Å²) in [5.74, 6) is 0.394. The number of rotatable bonds is 3. The Morgan fingerprint density at radius 2 is 2.05 bits per heavy atom. The average Bonchev–Trinajstić information content (AvgIpc) is 2.40. The van der Waals surface area contributed by atoms with E-state index in [2.05, 4.69) is 19.2 Å². The zero-order valence-corrected chi connectivity index (χ0v) is 12.8. The fourth-order valence-electron chi connectivity index (χ4n) is 2.49. The summed E-state index contributed by atoms with van der Waals surface area (Å²) in [7, 11) is 0. The Morgan fingerprint density at radius 1 is 1.33 bits per heavy atom. The van der Waals surface area contributed by atoms with E-state index in [0.717, 1.165) is 18.9 Å². The maximum atomic E-state index is 12.8. The van der Waals surface area contributed by atoms with Crippen molar-refractivity contribution in [1.82, 2.24) is 0 Å². The molecule has 1 N–H and O–H groups in total. The highest BCUT2D eigenvalue weighted by Gasteiger charge is 2.33. The summed E-state index contributed by atoms with van der Waals surface area (Å²) in [6.45, 7) is 4.79. The third kappa shape index (κ3) is 4.27. The van der Waals surface area contributed by atoms with Crippen LogP contribution in [0.1, 0.15) is 32.3 Å². The lowest BCUT2D eigenvalue weighted by Crippen LogP contribution is -2.36. The monoisotopic (exact) mass is 321 g/mol. The van der Waals surface area contributed by atoms with Gasteiger partial charge in [0.05, 0.1) is 16.7 Å². The van der Waals surface area contributed by atoms with Crippen LogP contribution in [0.25, 0.3) is 0 Å². The van der Waals surface area contributed by atoms with Gasteiger partial charge in [0, 0.05) is 18.3 Å². The fourth-order valence-corrected chi connectivity index (χ4v) is 2.72. The molecule has 0 bridgehead atoms. The van der Waals surface area contributed by atoms with E-state index >= 15 is 0 Å². The standard InChI is InChI=1S/C15H19ClF3NO/c1-9(2)14-8-11(5-6-21-14)20-10-3-4-13(16)12(7-10)15(17,18)19/h3-4,7,9,11,14,20H,5-6,8H2,1-2H3. The van der Waals surface area contributed by atoms with E-state index in [9.17, 15) is 13.2 Å². The molecular weight excluding hydrogens is 303 g/mol. The van der Waals surface area contributed by atoms with Crippen molar-refractivity contribution in [3.05, 3.63) is 28.8 Å². The predicted octanol–water partition coefficient (Wildman–Crippen LogP) is 4.97. The molecule has 1 heterocycles. The Bertz CT molecular complexity index is 490.